The van der Waals surface area contributed by atoms with Crippen LogP contribution in [0.25, 0.3) is 0 Å². The molecule has 0 aromatic heterocycles. The van der Waals surface area contributed by atoms with Crippen LogP contribution in [0, 0.1) is 5.92 Å². The number of hydrogen-bond acceptors (Lipinski definition) is 4. The summed E-state index contributed by atoms with van der Waals surface area (Å²) >= 11 is 0. The Morgan fingerprint density at radius 3 is 2.43 bits per heavy atom. The highest BCUT2D eigenvalue weighted by Crippen LogP contribution is 2.14. The minimum atomic E-state index is -0.306. The van der Waals surface area contributed by atoms with Gasteiger partial charge in [-0.05, 0) is 26.2 Å². The zero-order valence-electron chi connectivity index (χ0n) is 13.4. The van der Waals surface area contributed by atoms with Crippen molar-refractivity contribution in [3.05, 3.63) is 0 Å². The van der Waals surface area contributed by atoms with Crippen molar-refractivity contribution in [2.75, 3.05) is 32.7 Å². The van der Waals surface area contributed by atoms with E-state index in [9.17, 15) is 9.59 Å². The summed E-state index contributed by atoms with van der Waals surface area (Å²) in [5, 5.41) is 0. The van der Waals surface area contributed by atoms with Crippen molar-refractivity contribution >= 4 is 11.8 Å². The SMILES string of the molecule is CC(N)CCCC(C)C(=O)N1CCCN(CC(N)=O)CC1. The molecule has 2 unspecified atom stereocenters. The molecule has 122 valence electrons. The van der Waals surface area contributed by atoms with Gasteiger partial charge in [0.2, 0.25) is 11.8 Å². The smallest absolute Gasteiger partial charge is 0.231 e. The highest BCUT2D eigenvalue weighted by Gasteiger charge is 2.23. The molecule has 0 aliphatic carbocycles. The molecule has 6 nitrogen and oxygen atoms in total. The minimum absolute atomic E-state index is 0.0476. The van der Waals surface area contributed by atoms with Gasteiger partial charge in [0.05, 0.1) is 6.54 Å². The number of hydrogen-bond donors (Lipinski definition) is 2. The van der Waals surface area contributed by atoms with E-state index in [4.69, 9.17) is 11.5 Å². The van der Waals surface area contributed by atoms with Crippen molar-refractivity contribution < 1.29 is 9.59 Å². The van der Waals surface area contributed by atoms with Gasteiger partial charge in [-0.25, -0.2) is 0 Å². The van der Waals surface area contributed by atoms with E-state index in [2.05, 4.69) is 0 Å². The zero-order chi connectivity index (χ0) is 15.8. The molecule has 4 N–H and O–H groups in total. The lowest BCUT2D eigenvalue weighted by molar-refractivity contribution is -0.135. The Kier molecular flexibility index (Phi) is 7.67. The molecule has 6 heteroatoms. The van der Waals surface area contributed by atoms with Gasteiger partial charge in [0, 0.05) is 38.1 Å². The summed E-state index contributed by atoms with van der Waals surface area (Å²) in [4.78, 5) is 27.4. The van der Waals surface area contributed by atoms with Gasteiger partial charge in [-0.15, -0.1) is 0 Å². The maximum absolute atomic E-state index is 12.4. The summed E-state index contributed by atoms with van der Waals surface area (Å²) in [7, 11) is 0. The summed E-state index contributed by atoms with van der Waals surface area (Å²) in [5.74, 6) is -0.0360. The van der Waals surface area contributed by atoms with Gasteiger partial charge in [0.1, 0.15) is 0 Å². The van der Waals surface area contributed by atoms with Crippen LogP contribution in [0.2, 0.25) is 0 Å². The summed E-state index contributed by atoms with van der Waals surface area (Å²) in [6, 6.07) is 0.202. The molecule has 1 aliphatic rings. The first-order valence-corrected chi connectivity index (χ1v) is 7.95. The normalized spacial score (nSPS) is 19.9. The summed E-state index contributed by atoms with van der Waals surface area (Å²) in [5.41, 5.74) is 11.0. The number of rotatable bonds is 7. The Bertz CT molecular complexity index is 347. The van der Waals surface area contributed by atoms with E-state index < -0.39 is 0 Å². The molecule has 1 rings (SSSR count). The third-order valence-corrected chi connectivity index (χ3v) is 4.00. The fourth-order valence-electron chi connectivity index (χ4n) is 2.75. The van der Waals surface area contributed by atoms with Gasteiger partial charge in [-0.3, -0.25) is 14.5 Å². The maximum atomic E-state index is 12.4. The molecule has 0 radical (unpaired) electrons. The van der Waals surface area contributed by atoms with Crippen LogP contribution in [-0.2, 0) is 9.59 Å². The molecule has 1 fully saturated rings. The van der Waals surface area contributed by atoms with E-state index in [-0.39, 0.29) is 30.3 Å². The lowest BCUT2D eigenvalue weighted by Crippen LogP contribution is -2.40. The fraction of sp³-hybridized carbons (Fsp3) is 0.867. The number of carbonyl (C=O) groups is 2. The van der Waals surface area contributed by atoms with Crippen molar-refractivity contribution in [3.8, 4) is 0 Å². The van der Waals surface area contributed by atoms with Crippen molar-refractivity contribution in [3.63, 3.8) is 0 Å². The minimum Gasteiger partial charge on any atom is -0.369 e. The van der Waals surface area contributed by atoms with Crippen molar-refractivity contribution in [2.24, 2.45) is 17.4 Å². The number of amides is 2. The predicted molar refractivity (Wildman–Crippen MR) is 83.5 cm³/mol. The summed E-state index contributed by atoms with van der Waals surface area (Å²) in [6.07, 6.45) is 3.74. The number of nitrogens with two attached hydrogens (primary N) is 2. The summed E-state index contributed by atoms with van der Waals surface area (Å²) in [6.45, 7) is 7.28. The Balaban J connectivity index is 2.38. The zero-order valence-corrected chi connectivity index (χ0v) is 13.4. The molecule has 0 bridgehead atoms. The number of nitrogens with zero attached hydrogens (tertiary/aromatic N) is 2. The molecule has 1 saturated heterocycles. The van der Waals surface area contributed by atoms with Gasteiger partial charge < -0.3 is 16.4 Å². The largest absolute Gasteiger partial charge is 0.369 e. The Hall–Kier alpha value is -1.14. The monoisotopic (exact) mass is 298 g/mol. The van der Waals surface area contributed by atoms with Crippen molar-refractivity contribution in [1.29, 1.82) is 0 Å². The molecule has 0 aromatic rings. The Labute approximate surface area is 127 Å². The Morgan fingerprint density at radius 2 is 1.81 bits per heavy atom. The van der Waals surface area contributed by atoms with E-state index in [0.717, 1.165) is 45.3 Å². The first-order chi connectivity index (χ1) is 9.90. The van der Waals surface area contributed by atoms with E-state index in [0.29, 0.717) is 6.54 Å². The van der Waals surface area contributed by atoms with Gasteiger partial charge in [-0.1, -0.05) is 13.3 Å². The second kappa shape index (κ2) is 9.00. The lowest BCUT2D eigenvalue weighted by Gasteiger charge is -2.24. The molecule has 2 amide bonds. The van der Waals surface area contributed by atoms with Crippen LogP contribution < -0.4 is 11.5 Å². The Morgan fingerprint density at radius 1 is 1.10 bits per heavy atom. The van der Waals surface area contributed by atoms with Crippen molar-refractivity contribution in [1.82, 2.24) is 9.80 Å². The maximum Gasteiger partial charge on any atom is 0.231 e. The van der Waals surface area contributed by atoms with Crippen LogP contribution in [0.3, 0.4) is 0 Å². The first kappa shape index (κ1) is 17.9. The standard InChI is InChI=1S/C15H30N4O2/c1-12(5-3-6-13(2)16)15(21)19-8-4-7-18(9-10-19)11-14(17)20/h12-13H,3-11,16H2,1-2H3,(H2,17,20). The number of primary amides is 1. The average molecular weight is 298 g/mol. The van der Waals surface area contributed by atoms with Gasteiger partial charge in [-0.2, -0.15) is 0 Å². The second-order valence-corrected chi connectivity index (χ2v) is 6.23. The fourth-order valence-corrected chi connectivity index (χ4v) is 2.75. The van der Waals surface area contributed by atoms with Crippen molar-refractivity contribution in [2.45, 2.75) is 45.6 Å². The molecular weight excluding hydrogens is 268 g/mol. The van der Waals surface area contributed by atoms with Crippen LogP contribution in [0.15, 0.2) is 0 Å². The van der Waals surface area contributed by atoms with Crippen LogP contribution >= 0.6 is 0 Å². The average Bonchev–Trinajstić information content (AvgIpc) is 2.62. The third kappa shape index (κ3) is 6.91. The van der Waals surface area contributed by atoms with Gasteiger partial charge in [0.25, 0.3) is 0 Å². The highest BCUT2D eigenvalue weighted by atomic mass is 16.2. The van der Waals surface area contributed by atoms with Gasteiger partial charge in [0.15, 0.2) is 0 Å². The third-order valence-electron chi connectivity index (χ3n) is 4.00. The van der Waals surface area contributed by atoms with Crippen LogP contribution in [0.4, 0.5) is 0 Å². The predicted octanol–water partition coefficient (Wildman–Crippen LogP) is 0.160. The lowest BCUT2D eigenvalue weighted by atomic mass is 10.0. The van der Waals surface area contributed by atoms with Crippen LogP contribution in [0.5, 0.6) is 0 Å². The van der Waals surface area contributed by atoms with Crippen LogP contribution in [0.1, 0.15) is 39.5 Å². The molecule has 1 aliphatic heterocycles. The summed E-state index contributed by atoms with van der Waals surface area (Å²) < 4.78 is 0. The van der Waals surface area contributed by atoms with E-state index in [1.165, 1.54) is 0 Å². The molecule has 2 atom stereocenters. The molecule has 21 heavy (non-hydrogen) atoms. The first-order valence-electron chi connectivity index (χ1n) is 7.95. The molecule has 0 spiro atoms. The number of carbonyl (C=O) groups excluding carboxylic acids is 2. The van der Waals surface area contributed by atoms with Gasteiger partial charge >= 0.3 is 0 Å². The van der Waals surface area contributed by atoms with E-state index >= 15 is 0 Å². The highest BCUT2D eigenvalue weighted by molar-refractivity contribution is 5.78. The van der Waals surface area contributed by atoms with E-state index in [1.54, 1.807) is 0 Å². The second-order valence-electron chi connectivity index (χ2n) is 6.23. The molecule has 1 heterocycles. The topological polar surface area (TPSA) is 92.7 Å². The molecular formula is C15H30N4O2. The van der Waals surface area contributed by atoms with Crippen LogP contribution in [-0.4, -0.2) is 60.4 Å². The quantitative estimate of drug-likeness (QED) is 0.700. The molecule has 0 aromatic carbocycles. The van der Waals surface area contributed by atoms with E-state index in [1.807, 2.05) is 23.6 Å². The molecule has 0 saturated carbocycles.